The van der Waals surface area contributed by atoms with Crippen LogP contribution in [0.5, 0.6) is 0 Å². The molecule has 0 saturated heterocycles. The van der Waals surface area contributed by atoms with Gasteiger partial charge in [0.25, 0.3) is 0 Å². The fraction of sp³-hybridized carbons (Fsp3) is 0.727. The minimum Gasteiger partial charge on any atom is -0.383 e. The number of ether oxygens (including phenoxy) is 1. The van der Waals surface area contributed by atoms with Gasteiger partial charge in [-0.1, -0.05) is 6.92 Å². The zero-order valence-electron chi connectivity index (χ0n) is 10.1. The molecule has 4 heteroatoms. The Morgan fingerprint density at radius 3 is 2.80 bits per heavy atom. The van der Waals surface area contributed by atoms with Gasteiger partial charge in [0.05, 0.1) is 24.0 Å². The molecule has 1 unspecified atom stereocenters. The fourth-order valence-corrected chi connectivity index (χ4v) is 1.76. The third-order valence-corrected chi connectivity index (χ3v) is 2.37. The van der Waals surface area contributed by atoms with Gasteiger partial charge in [-0.05, 0) is 26.5 Å². The summed E-state index contributed by atoms with van der Waals surface area (Å²) in [6.07, 6.45) is 0. The Balaban J connectivity index is 2.87. The molecular weight excluding hydrogens is 190 g/mol. The number of aromatic nitrogens is 2. The lowest BCUT2D eigenvalue weighted by molar-refractivity contribution is 0.164. The van der Waals surface area contributed by atoms with E-state index in [1.807, 2.05) is 11.6 Å². The van der Waals surface area contributed by atoms with Crippen LogP contribution in [-0.2, 0) is 11.3 Å². The molecule has 4 nitrogen and oxygen atoms in total. The molecule has 0 bridgehead atoms. The molecule has 0 spiro atoms. The highest BCUT2D eigenvalue weighted by Crippen LogP contribution is 2.14. The van der Waals surface area contributed by atoms with E-state index in [-0.39, 0.29) is 6.04 Å². The second-order valence-corrected chi connectivity index (χ2v) is 3.59. The first kappa shape index (κ1) is 12.2. The molecule has 1 aromatic heterocycles. The molecule has 1 N–H and O–H groups in total. The second kappa shape index (κ2) is 5.88. The smallest absolute Gasteiger partial charge is 0.0729 e. The average Bonchev–Trinajstić information content (AvgIpc) is 2.59. The lowest BCUT2D eigenvalue weighted by Gasteiger charge is -2.17. The number of rotatable bonds is 6. The summed E-state index contributed by atoms with van der Waals surface area (Å²) in [6, 6.07) is 2.36. The second-order valence-electron chi connectivity index (χ2n) is 3.59. The van der Waals surface area contributed by atoms with Crippen molar-refractivity contribution in [2.45, 2.75) is 33.4 Å². The average molecular weight is 211 g/mol. The summed E-state index contributed by atoms with van der Waals surface area (Å²) in [6.45, 7) is 8.73. The Kier molecular flexibility index (Phi) is 4.78. The van der Waals surface area contributed by atoms with Crippen molar-refractivity contribution in [3.8, 4) is 0 Å². The molecule has 1 heterocycles. The van der Waals surface area contributed by atoms with Crippen LogP contribution in [-0.4, -0.2) is 30.0 Å². The van der Waals surface area contributed by atoms with Crippen LogP contribution in [0.25, 0.3) is 0 Å². The van der Waals surface area contributed by atoms with E-state index < -0.39 is 0 Å². The number of hydrogen-bond acceptors (Lipinski definition) is 3. The van der Waals surface area contributed by atoms with Crippen molar-refractivity contribution in [3.63, 3.8) is 0 Å². The van der Waals surface area contributed by atoms with Crippen LogP contribution in [0.4, 0.5) is 0 Å². The minimum atomic E-state index is 0.237. The number of nitrogens with zero attached hydrogens (tertiary/aromatic N) is 2. The Bertz CT molecular complexity index is 290. The lowest BCUT2D eigenvalue weighted by atomic mass is 10.2. The van der Waals surface area contributed by atoms with E-state index in [9.17, 15) is 0 Å². The van der Waals surface area contributed by atoms with Gasteiger partial charge in [-0.2, -0.15) is 5.10 Å². The van der Waals surface area contributed by atoms with E-state index in [1.165, 1.54) is 5.69 Å². The fourth-order valence-electron chi connectivity index (χ4n) is 1.76. The maximum atomic E-state index is 5.22. The van der Waals surface area contributed by atoms with E-state index >= 15 is 0 Å². The van der Waals surface area contributed by atoms with Crippen LogP contribution in [0.1, 0.15) is 31.3 Å². The molecule has 86 valence electrons. The molecule has 1 aromatic rings. The van der Waals surface area contributed by atoms with Gasteiger partial charge in [0.15, 0.2) is 0 Å². The van der Waals surface area contributed by atoms with Crippen molar-refractivity contribution >= 4 is 0 Å². The largest absolute Gasteiger partial charge is 0.383 e. The minimum absolute atomic E-state index is 0.237. The molecule has 0 fully saturated rings. The molecule has 0 aliphatic heterocycles. The maximum Gasteiger partial charge on any atom is 0.0729 e. The van der Waals surface area contributed by atoms with Gasteiger partial charge >= 0.3 is 0 Å². The van der Waals surface area contributed by atoms with Gasteiger partial charge in [-0.25, -0.2) is 0 Å². The summed E-state index contributed by atoms with van der Waals surface area (Å²) in [5.41, 5.74) is 2.27. The first-order valence-corrected chi connectivity index (χ1v) is 5.49. The molecule has 0 saturated carbocycles. The van der Waals surface area contributed by atoms with Crippen LogP contribution >= 0.6 is 0 Å². The Morgan fingerprint density at radius 1 is 1.53 bits per heavy atom. The molecule has 0 aliphatic carbocycles. The van der Waals surface area contributed by atoms with Crippen LogP contribution in [0.15, 0.2) is 6.07 Å². The highest BCUT2D eigenvalue weighted by Gasteiger charge is 2.15. The quantitative estimate of drug-likeness (QED) is 0.775. The summed E-state index contributed by atoms with van der Waals surface area (Å²) in [7, 11) is 1.73. The lowest BCUT2D eigenvalue weighted by Crippen LogP contribution is -2.27. The monoisotopic (exact) mass is 211 g/mol. The van der Waals surface area contributed by atoms with Crippen LogP contribution in [0.3, 0.4) is 0 Å². The summed E-state index contributed by atoms with van der Waals surface area (Å²) in [5.74, 6) is 0. The summed E-state index contributed by atoms with van der Waals surface area (Å²) in [5, 5.41) is 7.84. The van der Waals surface area contributed by atoms with Crippen molar-refractivity contribution in [3.05, 3.63) is 17.5 Å². The molecule has 0 aromatic carbocycles. The van der Waals surface area contributed by atoms with Crippen molar-refractivity contribution in [1.82, 2.24) is 15.1 Å². The van der Waals surface area contributed by atoms with Gasteiger partial charge in [0.1, 0.15) is 0 Å². The topological polar surface area (TPSA) is 39.1 Å². The van der Waals surface area contributed by atoms with Gasteiger partial charge < -0.3 is 10.1 Å². The zero-order valence-corrected chi connectivity index (χ0v) is 10.1. The Hall–Kier alpha value is -0.870. The van der Waals surface area contributed by atoms with Gasteiger partial charge in [-0.15, -0.1) is 0 Å². The first-order valence-electron chi connectivity index (χ1n) is 5.49. The van der Waals surface area contributed by atoms with E-state index in [1.54, 1.807) is 7.11 Å². The van der Waals surface area contributed by atoms with Gasteiger partial charge in [0, 0.05) is 13.7 Å². The first-order chi connectivity index (χ1) is 7.22. The summed E-state index contributed by atoms with van der Waals surface area (Å²) in [4.78, 5) is 0. The molecule has 0 aliphatic rings. The predicted molar refractivity (Wildman–Crippen MR) is 60.9 cm³/mol. The van der Waals surface area contributed by atoms with Gasteiger partial charge in [0.2, 0.25) is 0 Å². The van der Waals surface area contributed by atoms with Crippen molar-refractivity contribution in [2.24, 2.45) is 0 Å². The van der Waals surface area contributed by atoms with E-state index in [0.29, 0.717) is 6.61 Å². The van der Waals surface area contributed by atoms with Gasteiger partial charge in [-0.3, -0.25) is 4.68 Å². The molecule has 1 atom stereocenters. The molecule has 0 amide bonds. The number of nitrogens with one attached hydrogen (secondary N) is 1. The van der Waals surface area contributed by atoms with Crippen LogP contribution < -0.4 is 5.32 Å². The van der Waals surface area contributed by atoms with E-state index in [2.05, 4.69) is 30.3 Å². The summed E-state index contributed by atoms with van der Waals surface area (Å²) >= 11 is 0. The predicted octanol–water partition coefficient (Wildman–Crippen LogP) is 1.51. The van der Waals surface area contributed by atoms with Crippen LogP contribution in [0, 0.1) is 6.92 Å². The normalized spacial score (nSPS) is 13.1. The van der Waals surface area contributed by atoms with E-state index in [0.717, 1.165) is 18.8 Å². The van der Waals surface area contributed by atoms with E-state index in [4.69, 9.17) is 4.74 Å². The molecular formula is C11H21N3O. The highest BCUT2D eigenvalue weighted by atomic mass is 16.5. The number of aryl methyl sites for hydroxylation is 2. The third kappa shape index (κ3) is 3.04. The Labute approximate surface area is 91.6 Å². The standard InChI is InChI=1S/C11H21N3O/c1-5-12-10(8-15-4)11-7-9(3)13-14(11)6-2/h7,10,12H,5-6,8H2,1-4H3. The SMILES string of the molecule is CCNC(COC)c1cc(C)nn1CC. The number of likely N-dealkylation sites (N-methyl/N-ethyl adjacent to an activating group) is 1. The van der Waals surface area contributed by atoms with Crippen molar-refractivity contribution in [2.75, 3.05) is 20.3 Å². The van der Waals surface area contributed by atoms with Crippen LogP contribution in [0.2, 0.25) is 0 Å². The zero-order chi connectivity index (χ0) is 11.3. The molecule has 0 radical (unpaired) electrons. The Morgan fingerprint density at radius 2 is 2.27 bits per heavy atom. The van der Waals surface area contributed by atoms with Crippen molar-refractivity contribution < 1.29 is 4.74 Å². The molecule has 1 rings (SSSR count). The molecule has 15 heavy (non-hydrogen) atoms. The third-order valence-electron chi connectivity index (χ3n) is 2.37. The highest BCUT2D eigenvalue weighted by molar-refractivity contribution is 5.13. The summed E-state index contributed by atoms with van der Waals surface area (Å²) < 4.78 is 7.25. The van der Waals surface area contributed by atoms with Crippen molar-refractivity contribution in [1.29, 1.82) is 0 Å². The number of hydrogen-bond donors (Lipinski definition) is 1. The maximum absolute atomic E-state index is 5.22. The number of methoxy groups -OCH3 is 1.